The van der Waals surface area contributed by atoms with E-state index in [2.05, 4.69) is 5.32 Å². The molecule has 0 amide bonds. The summed E-state index contributed by atoms with van der Waals surface area (Å²) in [6, 6.07) is 5.74. The van der Waals surface area contributed by atoms with E-state index < -0.39 is 6.10 Å². The summed E-state index contributed by atoms with van der Waals surface area (Å²) in [4.78, 5) is 0. The molecule has 0 fully saturated rings. The average Bonchev–Trinajstić information content (AvgIpc) is 2.35. The predicted octanol–water partition coefficient (Wildman–Crippen LogP) is 1.95. The second kappa shape index (κ2) is 6.07. The molecule has 1 aromatic carbocycles. The Morgan fingerprint density at radius 1 is 1.17 bits per heavy atom. The maximum atomic E-state index is 9.65. The van der Waals surface area contributed by atoms with Gasteiger partial charge in [-0.25, -0.2) is 0 Å². The fraction of sp³-hybridized carbons (Fsp3) is 0.571. The Bertz CT molecular complexity index is 366. The highest BCUT2D eigenvalue weighted by molar-refractivity contribution is 5.38. The number of aliphatic hydroxyl groups excluding tert-OH is 1. The van der Waals surface area contributed by atoms with Crippen molar-refractivity contribution < 1.29 is 14.6 Å². The Kier molecular flexibility index (Phi) is 4.99. The van der Waals surface area contributed by atoms with Gasteiger partial charge in [0, 0.05) is 18.2 Å². The van der Waals surface area contributed by atoms with Crippen molar-refractivity contribution in [2.24, 2.45) is 0 Å². The molecule has 0 aromatic heterocycles. The zero-order valence-electron chi connectivity index (χ0n) is 11.8. The Hall–Kier alpha value is -1.26. The molecule has 1 rings (SSSR count). The third-order valence-corrected chi connectivity index (χ3v) is 3.20. The highest BCUT2D eigenvalue weighted by atomic mass is 16.5. The van der Waals surface area contributed by atoms with Gasteiger partial charge in [0.15, 0.2) is 0 Å². The number of nitrogens with one attached hydrogen (secondary N) is 1. The van der Waals surface area contributed by atoms with Crippen molar-refractivity contribution in [3.8, 4) is 11.5 Å². The lowest BCUT2D eigenvalue weighted by Crippen LogP contribution is -2.47. The van der Waals surface area contributed by atoms with Crippen LogP contribution in [-0.4, -0.2) is 31.0 Å². The van der Waals surface area contributed by atoms with E-state index in [0.717, 1.165) is 17.1 Å². The third-order valence-electron chi connectivity index (χ3n) is 3.20. The number of hydrogen-bond donors (Lipinski definition) is 2. The first-order chi connectivity index (χ1) is 8.39. The van der Waals surface area contributed by atoms with Crippen LogP contribution in [0.4, 0.5) is 0 Å². The van der Waals surface area contributed by atoms with Gasteiger partial charge in [-0.05, 0) is 38.5 Å². The fourth-order valence-electron chi connectivity index (χ4n) is 1.45. The van der Waals surface area contributed by atoms with Crippen molar-refractivity contribution in [1.82, 2.24) is 5.32 Å². The van der Waals surface area contributed by atoms with Crippen LogP contribution in [0.3, 0.4) is 0 Å². The molecule has 0 aliphatic rings. The van der Waals surface area contributed by atoms with Crippen LogP contribution in [0.15, 0.2) is 18.2 Å². The van der Waals surface area contributed by atoms with Gasteiger partial charge in [0.2, 0.25) is 0 Å². The van der Waals surface area contributed by atoms with E-state index in [4.69, 9.17) is 9.47 Å². The second-order valence-corrected chi connectivity index (χ2v) is 4.97. The highest BCUT2D eigenvalue weighted by Crippen LogP contribution is 2.23. The standard InChI is InChI=1S/C14H23NO3/c1-10(16)14(2,3)15-9-11-6-12(17-4)8-13(7-11)18-5/h6-8,10,15-16H,9H2,1-5H3. The van der Waals surface area contributed by atoms with Crippen molar-refractivity contribution in [3.05, 3.63) is 23.8 Å². The average molecular weight is 253 g/mol. The maximum Gasteiger partial charge on any atom is 0.122 e. The highest BCUT2D eigenvalue weighted by Gasteiger charge is 2.22. The van der Waals surface area contributed by atoms with Crippen LogP contribution in [0.1, 0.15) is 26.3 Å². The molecular formula is C14H23NO3. The van der Waals surface area contributed by atoms with E-state index in [1.54, 1.807) is 21.1 Å². The Morgan fingerprint density at radius 3 is 2.06 bits per heavy atom. The van der Waals surface area contributed by atoms with Crippen LogP contribution in [0.2, 0.25) is 0 Å². The molecule has 0 aliphatic heterocycles. The van der Waals surface area contributed by atoms with Crippen molar-refractivity contribution in [1.29, 1.82) is 0 Å². The van der Waals surface area contributed by atoms with Crippen molar-refractivity contribution >= 4 is 0 Å². The summed E-state index contributed by atoms with van der Waals surface area (Å²) < 4.78 is 10.4. The van der Waals surface area contributed by atoms with Gasteiger partial charge in [-0.1, -0.05) is 0 Å². The van der Waals surface area contributed by atoms with Crippen molar-refractivity contribution in [2.45, 2.75) is 39.0 Å². The number of ether oxygens (including phenoxy) is 2. The molecule has 0 heterocycles. The van der Waals surface area contributed by atoms with Gasteiger partial charge in [0.25, 0.3) is 0 Å². The summed E-state index contributed by atoms with van der Waals surface area (Å²) in [6.07, 6.45) is -0.426. The number of benzene rings is 1. The van der Waals surface area contributed by atoms with Crippen LogP contribution in [-0.2, 0) is 6.54 Å². The largest absolute Gasteiger partial charge is 0.497 e. The minimum absolute atomic E-state index is 0.337. The number of hydrogen-bond acceptors (Lipinski definition) is 4. The predicted molar refractivity (Wildman–Crippen MR) is 72.1 cm³/mol. The first-order valence-electron chi connectivity index (χ1n) is 6.04. The molecular weight excluding hydrogens is 230 g/mol. The summed E-state index contributed by atoms with van der Waals surface area (Å²) >= 11 is 0. The van der Waals surface area contributed by atoms with Gasteiger partial charge in [0.05, 0.1) is 20.3 Å². The van der Waals surface area contributed by atoms with Crippen LogP contribution >= 0.6 is 0 Å². The number of rotatable bonds is 6. The molecule has 1 unspecified atom stereocenters. The monoisotopic (exact) mass is 253 g/mol. The molecule has 1 aromatic rings. The lowest BCUT2D eigenvalue weighted by Gasteiger charge is -2.29. The molecule has 0 aliphatic carbocycles. The number of methoxy groups -OCH3 is 2. The van der Waals surface area contributed by atoms with E-state index in [9.17, 15) is 5.11 Å². The maximum absolute atomic E-state index is 9.65. The van der Waals surface area contributed by atoms with Gasteiger partial charge in [-0.3, -0.25) is 0 Å². The summed E-state index contributed by atoms with van der Waals surface area (Å²) in [7, 11) is 3.26. The molecule has 0 spiro atoms. The van der Waals surface area contributed by atoms with Crippen LogP contribution in [0.5, 0.6) is 11.5 Å². The molecule has 0 radical (unpaired) electrons. The summed E-state index contributed by atoms with van der Waals surface area (Å²) in [6.45, 7) is 6.36. The summed E-state index contributed by atoms with van der Waals surface area (Å²) in [5, 5.41) is 13.0. The zero-order chi connectivity index (χ0) is 13.8. The van der Waals surface area contributed by atoms with E-state index in [1.807, 2.05) is 32.0 Å². The fourth-order valence-corrected chi connectivity index (χ4v) is 1.45. The van der Waals surface area contributed by atoms with Crippen LogP contribution in [0, 0.1) is 0 Å². The molecule has 4 heteroatoms. The third kappa shape index (κ3) is 3.89. The second-order valence-electron chi connectivity index (χ2n) is 4.97. The topological polar surface area (TPSA) is 50.7 Å². The van der Waals surface area contributed by atoms with Gasteiger partial charge < -0.3 is 19.9 Å². The van der Waals surface area contributed by atoms with E-state index >= 15 is 0 Å². The molecule has 1 atom stereocenters. The lowest BCUT2D eigenvalue weighted by molar-refractivity contribution is 0.0956. The van der Waals surface area contributed by atoms with Crippen molar-refractivity contribution in [2.75, 3.05) is 14.2 Å². The Balaban J connectivity index is 2.78. The molecule has 18 heavy (non-hydrogen) atoms. The molecule has 2 N–H and O–H groups in total. The molecule has 102 valence electrons. The summed E-state index contributed by atoms with van der Waals surface area (Å²) in [5.41, 5.74) is 0.718. The smallest absolute Gasteiger partial charge is 0.122 e. The van der Waals surface area contributed by atoms with Crippen LogP contribution < -0.4 is 14.8 Å². The number of aliphatic hydroxyl groups is 1. The van der Waals surface area contributed by atoms with E-state index in [0.29, 0.717) is 6.54 Å². The van der Waals surface area contributed by atoms with E-state index in [1.165, 1.54) is 0 Å². The quantitative estimate of drug-likeness (QED) is 0.813. The molecule has 0 bridgehead atoms. The normalized spacial score (nSPS) is 13.2. The minimum atomic E-state index is -0.426. The van der Waals surface area contributed by atoms with Crippen LogP contribution in [0.25, 0.3) is 0 Å². The lowest BCUT2D eigenvalue weighted by atomic mass is 9.98. The van der Waals surface area contributed by atoms with Crippen molar-refractivity contribution in [3.63, 3.8) is 0 Å². The minimum Gasteiger partial charge on any atom is -0.497 e. The van der Waals surface area contributed by atoms with Gasteiger partial charge in [-0.2, -0.15) is 0 Å². The van der Waals surface area contributed by atoms with Gasteiger partial charge >= 0.3 is 0 Å². The van der Waals surface area contributed by atoms with Gasteiger partial charge in [0.1, 0.15) is 11.5 Å². The molecule has 0 saturated carbocycles. The molecule has 4 nitrogen and oxygen atoms in total. The zero-order valence-corrected chi connectivity index (χ0v) is 11.8. The first-order valence-corrected chi connectivity index (χ1v) is 6.04. The Labute approximate surface area is 109 Å². The Morgan fingerprint density at radius 2 is 1.67 bits per heavy atom. The first kappa shape index (κ1) is 14.8. The summed E-state index contributed by atoms with van der Waals surface area (Å²) in [5.74, 6) is 1.53. The SMILES string of the molecule is COc1cc(CNC(C)(C)C(C)O)cc(OC)c1. The van der Waals surface area contributed by atoms with Gasteiger partial charge in [-0.15, -0.1) is 0 Å². The molecule has 0 saturated heterocycles. The van der Waals surface area contributed by atoms with E-state index in [-0.39, 0.29) is 5.54 Å².